The van der Waals surface area contributed by atoms with Gasteiger partial charge in [0.2, 0.25) is 5.91 Å². The SMILES string of the molecule is CN1CCC[C@@H](CCC(=O)N(C)Cc2noc3c2CCCC3)C1. The minimum Gasteiger partial charge on any atom is -0.361 e. The van der Waals surface area contributed by atoms with E-state index < -0.39 is 0 Å². The molecule has 2 aliphatic rings. The first-order valence-corrected chi connectivity index (χ1v) is 9.02. The normalized spacial score (nSPS) is 21.9. The first-order chi connectivity index (χ1) is 11.1. The number of aryl methyl sites for hydroxylation is 1. The Morgan fingerprint density at radius 2 is 2.17 bits per heavy atom. The Kier molecular flexibility index (Phi) is 5.36. The Hall–Kier alpha value is -1.36. The third-order valence-corrected chi connectivity index (χ3v) is 5.33. The zero-order valence-corrected chi connectivity index (χ0v) is 14.5. The number of carbonyl (C=O) groups is 1. The van der Waals surface area contributed by atoms with Gasteiger partial charge in [0.25, 0.3) is 0 Å². The predicted molar refractivity (Wildman–Crippen MR) is 89.1 cm³/mol. The summed E-state index contributed by atoms with van der Waals surface area (Å²) in [4.78, 5) is 16.6. The Morgan fingerprint density at radius 1 is 1.35 bits per heavy atom. The molecule has 1 aromatic heterocycles. The maximum atomic E-state index is 12.4. The van der Waals surface area contributed by atoms with Crippen LogP contribution in [0.5, 0.6) is 0 Å². The molecular weight excluding hydrogens is 290 g/mol. The number of nitrogens with zero attached hydrogens (tertiary/aromatic N) is 3. The van der Waals surface area contributed by atoms with Gasteiger partial charge < -0.3 is 14.3 Å². The maximum absolute atomic E-state index is 12.4. The third kappa shape index (κ3) is 4.14. The summed E-state index contributed by atoms with van der Waals surface area (Å²) in [6.07, 6.45) is 8.61. The van der Waals surface area contributed by atoms with E-state index in [1.807, 2.05) is 11.9 Å². The third-order valence-electron chi connectivity index (χ3n) is 5.33. The molecule has 0 aromatic carbocycles. The lowest BCUT2D eigenvalue weighted by Crippen LogP contribution is -2.33. The monoisotopic (exact) mass is 319 g/mol. The van der Waals surface area contributed by atoms with Crippen LogP contribution in [0.3, 0.4) is 0 Å². The molecule has 1 aliphatic carbocycles. The first kappa shape index (κ1) is 16.5. The molecule has 1 fully saturated rings. The molecule has 1 atom stereocenters. The van der Waals surface area contributed by atoms with E-state index in [0.29, 0.717) is 18.9 Å². The molecule has 23 heavy (non-hydrogen) atoms. The molecule has 5 heteroatoms. The van der Waals surface area contributed by atoms with Gasteiger partial charge in [0.05, 0.1) is 6.54 Å². The minimum absolute atomic E-state index is 0.228. The van der Waals surface area contributed by atoms with Crippen molar-refractivity contribution in [3.05, 3.63) is 17.0 Å². The lowest BCUT2D eigenvalue weighted by Gasteiger charge is -2.29. The molecule has 0 bridgehead atoms. The standard InChI is InChI=1S/C18H29N3O2/c1-20-11-5-6-14(12-20)9-10-18(22)21(2)13-16-15-7-3-4-8-17(15)23-19-16/h14H,3-13H2,1-2H3/t14-/m0/s1. The molecule has 0 N–H and O–H groups in total. The zero-order valence-electron chi connectivity index (χ0n) is 14.5. The highest BCUT2D eigenvalue weighted by molar-refractivity contribution is 5.75. The van der Waals surface area contributed by atoms with E-state index in [1.54, 1.807) is 0 Å². The second-order valence-corrected chi connectivity index (χ2v) is 7.30. The maximum Gasteiger partial charge on any atom is 0.222 e. The summed E-state index contributed by atoms with van der Waals surface area (Å²) in [5, 5.41) is 4.20. The van der Waals surface area contributed by atoms with E-state index >= 15 is 0 Å². The molecule has 1 saturated heterocycles. The van der Waals surface area contributed by atoms with Crippen LogP contribution in [0.2, 0.25) is 0 Å². The van der Waals surface area contributed by atoms with Crippen molar-refractivity contribution < 1.29 is 9.32 Å². The van der Waals surface area contributed by atoms with Crippen molar-refractivity contribution in [1.29, 1.82) is 0 Å². The summed E-state index contributed by atoms with van der Waals surface area (Å²) in [6.45, 7) is 2.91. The van der Waals surface area contributed by atoms with Gasteiger partial charge in [-0.05, 0) is 58.0 Å². The number of hydrogen-bond donors (Lipinski definition) is 0. The van der Waals surface area contributed by atoms with Gasteiger partial charge in [0, 0.05) is 32.0 Å². The topological polar surface area (TPSA) is 49.6 Å². The van der Waals surface area contributed by atoms with Crippen LogP contribution >= 0.6 is 0 Å². The van der Waals surface area contributed by atoms with Crippen LogP contribution in [-0.4, -0.2) is 48.0 Å². The van der Waals surface area contributed by atoms with Crippen LogP contribution in [0, 0.1) is 5.92 Å². The van der Waals surface area contributed by atoms with Gasteiger partial charge in [-0.3, -0.25) is 4.79 Å². The summed E-state index contributed by atoms with van der Waals surface area (Å²) in [7, 11) is 4.06. The van der Waals surface area contributed by atoms with Crippen LogP contribution in [0.15, 0.2) is 4.52 Å². The van der Waals surface area contributed by atoms with Crippen molar-refractivity contribution in [3.8, 4) is 0 Å². The summed E-state index contributed by atoms with van der Waals surface area (Å²) < 4.78 is 5.44. The molecule has 1 aliphatic heterocycles. The van der Waals surface area contributed by atoms with Crippen molar-refractivity contribution in [3.63, 3.8) is 0 Å². The van der Waals surface area contributed by atoms with Crippen molar-refractivity contribution in [1.82, 2.24) is 15.0 Å². The molecule has 1 aromatic rings. The van der Waals surface area contributed by atoms with E-state index in [9.17, 15) is 4.79 Å². The van der Waals surface area contributed by atoms with E-state index in [1.165, 1.54) is 37.8 Å². The van der Waals surface area contributed by atoms with E-state index in [2.05, 4.69) is 17.1 Å². The molecule has 0 radical (unpaired) electrons. The number of hydrogen-bond acceptors (Lipinski definition) is 4. The zero-order chi connectivity index (χ0) is 16.2. The molecule has 0 saturated carbocycles. The van der Waals surface area contributed by atoms with Gasteiger partial charge in [-0.1, -0.05) is 5.16 Å². The fraction of sp³-hybridized carbons (Fsp3) is 0.778. The Morgan fingerprint density at radius 3 is 3.00 bits per heavy atom. The minimum atomic E-state index is 0.228. The smallest absolute Gasteiger partial charge is 0.222 e. The molecule has 5 nitrogen and oxygen atoms in total. The molecule has 3 rings (SSSR count). The summed E-state index contributed by atoms with van der Waals surface area (Å²) in [6, 6.07) is 0. The van der Waals surface area contributed by atoms with Gasteiger partial charge in [-0.25, -0.2) is 0 Å². The van der Waals surface area contributed by atoms with E-state index in [0.717, 1.165) is 37.3 Å². The molecule has 0 unspecified atom stereocenters. The second-order valence-electron chi connectivity index (χ2n) is 7.30. The van der Waals surface area contributed by atoms with Gasteiger partial charge in [-0.2, -0.15) is 0 Å². The highest BCUT2D eigenvalue weighted by atomic mass is 16.5. The average molecular weight is 319 g/mol. The fourth-order valence-corrected chi connectivity index (χ4v) is 3.91. The summed E-state index contributed by atoms with van der Waals surface area (Å²) >= 11 is 0. The number of amides is 1. The number of rotatable bonds is 5. The van der Waals surface area contributed by atoms with Crippen molar-refractivity contribution in [2.75, 3.05) is 27.2 Å². The number of piperidine rings is 1. The molecule has 1 amide bonds. The Labute approximate surface area is 139 Å². The molecular formula is C18H29N3O2. The predicted octanol–water partition coefficient (Wildman–Crippen LogP) is 2.63. The number of carbonyl (C=O) groups excluding carboxylic acids is 1. The van der Waals surface area contributed by atoms with Gasteiger partial charge >= 0.3 is 0 Å². The van der Waals surface area contributed by atoms with Gasteiger partial charge in [0.1, 0.15) is 11.5 Å². The highest BCUT2D eigenvalue weighted by Crippen LogP contribution is 2.25. The average Bonchev–Trinajstić information content (AvgIpc) is 2.96. The van der Waals surface area contributed by atoms with Crippen molar-refractivity contribution in [2.45, 2.75) is 57.9 Å². The fourth-order valence-electron chi connectivity index (χ4n) is 3.91. The summed E-state index contributed by atoms with van der Waals surface area (Å²) in [5.41, 5.74) is 2.22. The molecule has 128 valence electrons. The highest BCUT2D eigenvalue weighted by Gasteiger charge is 2.23. The number of likely N-dealkylation sites (tertiary alicyclic amines) is 1. The Balaban J connectivity index is 1.48. The van der Waals surface area contributed by atoms with E-state index in [-0.39, 0.29) is 5.91 Å². The molecule has 2 heterocycles. The quantitative estimate of drug-likeness (QED) is 0.837. The van der Waals surface area contributed by atoms with Gasteiger partial charge in [0.15, 0.2) is 0 Å². The van der Waals surface area contributed by atoms with Crippen LogP contribution in [0.25, 0.3) is 0 Å². The van der Waals surface area contributed by atoms with Gasteiger partial charge in [-0.15, -0.1) is 0 Å². The molecule has 0 spiro atoms. The summed E-state index contributed by atoms with van der Waals surface area (Å²) in [5.74, 6) is 1.94. The van der Waals surface area contributed by atoms with Crippen LogP contribution in [-0.2, 0) is 24.2 Å². The number of aromatic nitrogens is 1. The van der Waals surface area contributed by atoms with Crippen LogP contribution < -0.4 is 0 Å². The van der Waals surface area contributed by atoms with Crippen molar-refractivity contribution >= 4 is 5.91 Å². The van der Waals surface area contributed by atoms with Crippen LogP contribution in [0.4, 0.5) is 0 Å². The first-order valence-electron chi connectivity index (χ1n) is 9.02. The van der Waals surface area contributed by atoms with Crippen LogP contribution in [0.1, 0.15) is 55.5 Å². The van der Waals surface area contributed by atoms with Crippen molar-refractivity contribution in [2.24, 2.45) is 5.92 Å². The van der Waals surface area contributed by atoms with E-state index in [4.69, 9.17) is 4.52 Å². The number of fused-ring (bicyclic) bond motifs is 1. The lowest BCUT2D eigenvalue weighted by molar-refractivity contribution is -0.130. The second kappa shape index (κ2) is 7.47. The Bertz CT molecular complexity index is 540. The lowest BCUT2D eigenvalue weighted by atomic mass is 9.93. The largest absolute Gasteiger partial charge is 0.361 e.